The quantitative estimate of drug-likeness (QED) is 0.735. The lowest BCUT2D eigenvalue weighted by Gasteiger charge is -2.34. The van der Waals surface area contributed by atoms with Gasteiger partial charge in [0, 0.05) is 37.6 Å². The maximum Gasteiger partial charge on any atom is 0.451 e. The van der Waals surface area contributed by atoms with Crippen molar-refractivity contribution in [2.75, 3.05) is 32.8 Å². The number of hydrogen-bond donors (Lipinski definition) is 1. The zero-order chi connectivity index (χ0) is 21.0. The Morgan fingerprint density at radius 2 is 1.90 bits per heavy atom. The summed E-state index contributed by atoms with van der Waals surface area (Å²) in [6.45, 7) is 1.97. The first-order valence-electron chi connectivity index (χ1n) is 8.70. The Morgan fingerprint density at radius 1 is 1.24 bits per heavy atom. The molecule has 2 aromatic rings. The van der Waals surface area contributed by atoms with Gasteiger partial charge in [0.05, 0.1) is 29.8 Å². The molecule has 11 heteroatoms. The van der Waals surface area contributed by atoms with E-state index < -0.39 is 29.8 Å². The predicted molar refractivity (Wildman–Crippen MR) is 95.9 cm³/mol. The number of halogens is 5. The molecule has 1 aromatic carbocycles. The molecule has 0 spiro atoms. The summed E-state index contributed by atoms with van der Waals surface area (Å²) in [6.07, 6.45) is -2.45. The molecule has 1 aromatic heterocycles. The summed E-state index contributed by atoms with van der Waals surface area (Å²) in [6, 6.07) is 3.39. The largest absolute Gasteiger partial charge is 0.451 e. The Labute approximate surface area is 168 Å². The van der Waals surface area contributed by atoms with E-state index in [1.807, 2.05) is 4.90 Å². The maximum atomic E-state index is 13.6. The standard InChI is InChI=1S/C18H17ClF4N4O2/c19-15-12(2-1-3-13(15)20)16(28)24-10-14(27-4-6-29-7-5-27)11-8-25-17(26-9-11)18(21,22)23/h1-3,8-9,14H,4-7,10H2,(H,24,28). The van der Waals surface area contributed by atoms with E-state index in [1.165, 1.54) is 12.1 Å². The van der Waals surface area contributed by atoms with Crippen molar-refractivity contribution in [1.82, 2.24) is 20.2 Å². The van der Waals surface area contributed by atoms with Crippen LogP contribution in [0.4, 0.5) is 17.6 Å². The van der Waals surface area contributed by atoms with E-state index in [0.29, 0.717) is 31.9 Å². The highest BCUT2D eigenvalue weighted by molar-refractivity contribution is 6.34. The first-order valence-corrected chi connectivity index (χ1v) is 9.08. The van der Waals surface area contributed by atoms with Crippen molar-refractivity contribution in [3.63, 3.8) is 0 Å². The fourth-order valence-corrected chi connectivity index (χ4v) is 3.18. The summed E-state index contributed by atoms with van der Waals surface area (Å²) in [7, 11) is 0. The molecular formula is C18H17ClF4N4O2. The number of ether oxygens (including phenoxy) is 1. The SMILES string of the molecule is O=C(NCC(c1cnc(C(F)(F)F)nc1)N1CCOCC1)c1cccc(F)c1Cl. The van der Waals surface area contributed by atoms with Crippen LogP contribution in [0.15, 0.2) is 30.6 Å². The Bertz CT molecular complexity index is 858. The van der Waals surface area contributed by atoms with Gasteiger partial charge in [-0.25, -0.2) is 14.4 Å². The molecule has 29 heavy (non-hydrogen) atoms. The molecule has 0 saturated carbocycles. The average molecular weight is 433 g/mol. The summed E-state index contributed by atoms with van der Waals surface area (Å²) in [4.78, 5) is 21.2. The predicted octanol–water partition coefficient (Wildman–Crippen LogP) is 3.09. The van der Waals surface area contributed by atoms with Crippen LogP contribution in [0.25, 0.3) is 0 Å². The first kappa shape index (κ1) is 21.4. The molecule has 156 valence electrons. The second-order valence-corrected chi connectivity index (χ2v) is 6.69. The fourth-order valence-electron chi connectivity index (χ4n) is 2.97. The molecule has 1 amide bonds. The second kappa shape index (κ2) is 9.02. The lowest BCUT2D eigenvalue weighted by atomic mass is 10.1. The molecule has 1 N–H and O–H groups in total. The third kappa shape index (κ3) is 5.20. The maximum absolute atomic E-state index is 13.6. The van der Waals surface area contributed by atoms with Gasteiger partial charge in [0.2, 0.25) is 5.82 Å². The minimum Gasteiger partial charge on any atom is -0.379 e. The van der Waals surface area contributed by atoms with Crippen LogP contribution in [0, 0.1) is 5.82 Å². The monoisotopic (exact) mass is 432 g/mol. The van der Waals surface area contributed by atoms with Gasteiger partial charge in [-0.2, -0.15) is 13.2 Å². The number of aromatic nitrogens is 2. The summed E-state index contributed by atoms with van der Waals surface area (Å²) >= 11 is 5.84. The molecule has 1 fully saturated rings. The minimum atomic E-state index is -4.64. The van der Waals surface area contributed by atoms with E-state index in [4.69, 9.17) is 16.3 Å². The van der Waals surface area contributed by atoms with Gasteiger partial charge < -0.3 is 10.1 Å². The fraction of sp³-hybridized carbons (Fsp3) is 0.389. The van der Waals surface area contributed by atoms with E-state index >= 15 is 0 Å². The smallest absolute Gasteiger partial charge is 0.379 e. The normalized spacial score (nSPS) is 16.4. The first-order chi connectivity index (χ1) is 13.8. The number of carbonyl (C=O) groups is 1. The second-order valence-electron chi connectivity index (χ2n) is 6.31. The van der Waals surface area contributed by atoms with E-state index in [9.17, 15) is 22.4 Å². The van der Waals surface area contributed by atoms with Crippen LogP contribution < -0.4 is 5.32 Å². The number of hydrogen-bond acceptors (Lipinski definition) is 5. The summed E-state index contributed by atoms with van der Waals surface area (Å²) in [5, 5.41) is 2.36. The van der Waals surface area contributed by atoms with Gasteiger partial charge in [-0.15, -0.1) is 0 Å². The van der Waals surface area contributed by atoms with Gasteiger partial charge in [0.1, 0.15) is 5.82 Å². The van der Waals surface area contributed by atoms with Gasteiger partial charge >= 0.3 is 6.18 Å². The highest BCUT2D eigenvalue weighted by Crippen LogP contribution is 2.27. The molecule has 0 aliphatic carbocycles. The molecule has 1 saturated heterocycles. The van der Waals surface area contributed by atoms with E-state index in [1.54, 1.807) is 0 Å². The molecule has 1 unspecified atom stereocenters. The van der Waals surface area contributed by atoms with Gasteiger partial charge in [-0.1, -0.05) is 17.7 Å². The number of nitrogens with zero attached hydrogens (tertiary/aromatic N) is 3. The zero-order valence-corrected chi connectivity index (χ0v) is 15.8. The number of benzene rings is 1. The Balaban J connectivity index is 1.79. The average Bonchev–Trinajstić information content (AvgIpc) is 2.70. The van der Waals surface area contributed by atoms with Crippen LogP contribution in [0.2, 0.25) is 5.02 Å². The van der Waals surface area contributed by atoms with Crippen LogP contribution in [0.1, 0.15) is 27.8 Å². The van der Waals surface area contributed by atoms with Crippen LogP contribution in [0.3, 0.4) is 0 Å². The summed E-state index contributed by atoms with van der Waals surface area (Å²) < 4.78 is 57.1. The molecular weight excluding hydrogens is 416 g/mol. The van der Waals surface area contributed by atoms with Gasteiger partial charge in [0.15, 0.2) is 0 Å². The van der Waals surface area contributed by atoms with E-state index in [-0.39, 0.29) is 17.1 Å². The van der Waals surface area contributed by atoms with Gasteiger partial charge in [-0.05, 0) is 12.1 Å². The van der Waals surface area contributed by atoms with Gasteiger partial charge in [-0.3, -0.25) is 9.69 Å². The number of carbonyl (C=O) groups excluding carboxylic acids is 1. The summed E-state index contributed by atoms with van der Waals surface area (Å²) in [5.41, 5.74) is 0.376. The van der Waals surface area contributed by atoms with Crippen LogP contribution in [-0.2, 0) is 10.9 Å². The molecule has 0 radical (unpaired) electrons. The van der Waals surface area contributed by atoms with E-state index in [2.05, 4.69) is 15.3 Å². The Morgan fingerprint density at radius 3 is 2.52 bits per heavy atom. The molecule has 1 aliphatic rings. The highest BCUT2D eigenvalue weighted by Gasteiger charge is 2.35. The topological polar surface area (TPSA) is 67.4 Å². The Hall–Kier alpha value is -2.30. The van der Waals surface area contributed by atoms with Crippen molar-refractivity contribution >= 4 is 17.5 Å². The Kier molecular flexibility index (Phi) is 6.66. The molecule has 1 aliphatic heterocycles. The number of amides is 1. The van der Waals surface area contributed by atoms with Crippen molar-refractivity contribution < 1.29 is 27.1 Å². The summed E-state index contributed by atoms with van der Waals surface area (Å²) in [5.74, 6) is -2.56. The number of nitrogens with one attached hydrogen (secondary N) is 1. The van der Waals surface area contributed by atoms with Crippen LogP contribution in [0.5, 0.6) is 0 Å². The molecule has 3 rings (SSSR count). The molecule has 1 atom stereocenters. The third-order valence-corrected chi connectivity index (χ3v) is 4.83. The highest BCUT2D eigenvalue weighted by atomic mass is 35.5. The molecule has 0 bridgehead atoms. The molecule has 2 heterocycles. The number of morpholine rings is 1. The van der Waals surface area contributed by atoms with Crippen molar-refractivity contribution in [3.8, 4) is 0 Å². The zero-order valence-electron chi connectivity index (χ0n) is 15.0. The lowest BCUT2D eigenvalue weighted by Crippen LogP contribution is -2.44. The number of alkyl halides is 3. The van der Waals surface area contributed by atoms with Crippen LogP contribution in [-0.4, -0.2) is 53.6 Å². The third-order valence-electron chi connectivity index (χ3n) is 4.45. The lowest BCUT2D eigenvalue weighted by molar-refractivity contribution is -0.145. The van der Waals surface area contributed by atoms with E-state index in [0.717, 1.165) is 18.5 Å². The van der Waals surface area contributed by atoms with Crippen molar-refractivity contribution in [2.24, 2.45) is 0 Å². The number of rotatable bonds is 5. The minimum absolute atomic E-state index is 0.0314. The van der Waals surface area contributed by atoms with Gasteiger partial charge in [0.25, 0.3) is 5.91 Å². The van der Waals surface area contributed by atoms with Crippen molar-refractivity contribution in [3.05, 3.63) is 58.4 Å². The van der Waals surface area contributed by atoms with Crippen molar-refractivity contribution in [2.45, 2.75) is 12.2 Å². The van der Waals surface area contributed by atoms with Crippen molar-refractivity contribution in [1.29, 1.82) is 0 Å². The molecule has 6 nitrogen and oxygen atoms in total. The van der Waals surface area contributed by atoms with Crippen LogP contribution >= 0.6 is 11.6 Å².